The van der Waals surface area contributed by atoms with Crippen LogP contribution >= 0.6 is 0 Å². The highest BCUT2D eigenvalue weighted by Gasteiger charge is 2.32. The summed E-state index contributed by atoms with van der Waals surface area (Å²) in [5.41, 5.74) is 0.492. The molecule has 0 spiro atoms. The maximum absolute atomic E-state index is 12.5. The fourth-order valence-corrected chi connectivity index (χ4v) is 3.87. The lowest BCUT2D eigenvalue weighted by Crippen LogP contribution is -2.41. The minimum atomic E-state index is 0.0427. The van der Waals surface area contributed by atoms with Crippen molar-refractivity contribution in [2.75, 3.05) is 26.3 Å². The lowest BCUT2D eigenvalue weighted by molar-refractivity contribution is 0.0286. The molecule has 5 nitrogen and oxygen atoms in total. The van der Waals surface area contributed by atoms with Gasteiger partial charge in [-0.3, -0.25) is 4.79 Å². The van der Waals surface area contributed by atoms with Crippen molar-refractivity contribution >= 4 is 5.91 Å². The van der Waals surface area contributed by atoms with E-state index < -0.39 is 0 Å². The minimum absolute atomic E-state index is 0.0427. The Kier molecular flexibility index (Phi) is 3.90. The zero-order chi connectivity index (χ0) is 14.9. The van der Waals surface area contributed by atoms with Gasteiger partial charge in [-0.15, -0.1) is 0 Å². The zero-order valence-electron chi connectivity index (χ0n) is 13.0. The van der Waals surface area contributed by atoms with Gasteiger partial charge in [-0.2, -0.15) is 0 Å². The second kappa shape index (κ2) is 6.03. The Bertz CT molecular complexity index is 524. The first-order chi connectivity index (χ1) is 10.8. The Labute approximate surface area is 131 Å². The Balaban J connectivity index is 1.33. The summed E-state index contributed by atoms with van der Waals surface area (Å²) in [6.45, 7) is 3.53. The predicted molar refractivity (Wildman–Crippen MR) is 80.6 cm³/mol. The molecule has 0 N–H and O–H groups in total. The molecule has 2 aliphatic heterocycles. The maximum Gasteiger partial charge on any atom is 0.276 e. The summed E-state index contributed by atoms with van der Waals surface area (Å²) >= 11 is 0. The summed E-state index contributed by atoms with van der Waals surface area (Å²) < 4.78 is 10.8. The van der Waals surface area contributed by atoms with Crippen LogP contribution in [0.1, 0.15) is 60.7 Å². The summed E-state index contributed by atoms with van der Waals surface area (Å²) in [6.07, 6.45) is 6.94. The van der Waals surface area contributed by atoms with Crippen LogP contribution in [0.2, 0.25) is 0 Å². The highest BCUT2D eigenvalue weighted by atomic mass is 16.5. The van der Waals surface area contributed by atoms with Crippen LogP contribution in [-0.4, -0.2) is 42.3 Å². The molecule has 3 heterocycles. The highest BCUT2D eigenvalue weighted by molar-refractivity contribution is 5.92. The average molecular weight is 304 g/mol. The number of likely N-dealkylation sites (tertiary alicyclic amines) is 1. The van der Waals surface area contributed by atoms with Crippen molar-refractivity contribution in [2.24, 2.45) is 11.8 Å². The van der Waals surface area contributed by atoms with Gasteiger partial charge in [0.05, 0.1) is 0 Å². The quantitative estimate of drug-likeness (QED) is 0.861. The van der Waals surface area contributed by atoms with Crippen LogP contribution in [0.3, 0.4) is 0 Å². The van der Waals surface area contributed by atoms with Gasteiger partial charge in [0.1, 0.15) is 5.76 Å². The molecular formula is C17H24N2O3. The van der Waals surface area contributed by atoms with Crippen LogP contribution < -0.4 is 0 Å². The SMILES string of the molecule is O=C(c1cc(C2CC2)on1)N1CCC(C2CCOCC2)CC1. The Morgan fingerprint density at radius 3 is 2.41 bits per heavy atom. The van der Waals surface area contributed by atoms with Gasteiger partial charge < -0.3 is 14.2 Å². The third kappa shape index (κ3) is 2.91. The molecule has 0 atom stereocenters. The van der Waals surface area contributed by atoms with E-state index >= 15 is 0 Å². The van der Waals surface area contributed by atoms with Gasteiger partial charge >= 0.3 is 0 Å². The van der Waals surface area contributed by atoms with Gasteiger partial charge in [0.15, 0.2) is 5.69 Å². The van der Waals surface area contributed by atoms with E-state index in [-0.39, 0.29) is 5.91 Å². The van der Waals surface area contributed by atoms with Gasteiger partial charge in [-0.1, -0.05) is 5.16 Å². The van der Waals surface area contributed by atoms with Gasteiger partial charge in [0.25, 0.3) is 5.91 Å². The summed E-state index contributed by atoms with van der Waals surface area (Å²) in [5.74, 6) is 2.99. The Hall–Kier alpha value is -1.36. The molecule has 0 aromatic carbocycles. The van der Waals surface area contributed by atoms with E-state index in [2.05, 4.69) is 5.16 Å². The van der Waals surface area contributed by atoms with Crippen LogP contribution in [0.15, 0.2) is 10.6 Å². The maximum atomic E-state index is 12.5. The third-order valence-electron chi connectivity index (χ3n) is 5.49. The van der Waals surface area contributed by atoms with E-state index in [0.717, 1.165) is 56.7 Å². The van der Waals surface area contributed by atoms with Crippen LogP contribution in [0.5, 0.6) is 0 Å². The predicted octanol–water partition coefficient (Wildman–Crippen LogP) is 2.83. The number of hydrogen-bond acceptors (Lipinski definition) is 4. The molecule has 0 unspecified atom stereocenters. The Morgan fingerprint density at radius 1 is 1.05 bits per heavy atom. The standard InChI is InChI=1S/C17H24N2O3/c20-17(15-11-16(22-18-15)14-1-2-14)19-7-3-12(4-8-19)13-5-9-21-10-6-13/h11-14H,1-10H2. The average Bonchev–Trinajstić information content (AvgIpc) is 3.32. The molecule has 4 rings (SSSR count). The lowest BCUT2D eigenvalue weighted by atomic mass is 9.80. The number of piperidine rings is 1. The van der Waals surface area contributed by atoms with Crippen molar-refractivity contribution in [1.29, 1.82) is 0 Å². The number of carbonyl (C=O) groups excluding carboxylic acids is 1. The smallest absolute Gasteiger partial charge is 0.276 e. The molecule has 5 heteroatoms. The molecule has 2 saturated heterocycles. The number of hydrogen-bond donors (Lipinski definition) is 0. The molecule has 1 amide bonds. The molecular weight excluding hydrogens is 280 g/mol. The molecule has 1 aromatic heterocycles. The van der Waals surface area contributed by atoms with Crippen LogP contribution in [0.25, 0.3) is 0 Å². The third-order valence-corrected chi connectivity index (χ3v) is 5.49. The molecule has 0 bridgehead atoms. The number of ether oxygens (including phenoxy) is 1. The van der Waals surface area contributed by atoms with E-state index in [1.54, 1.807) is 0 Å². The summed E-state index contributed by atoms with van der Waals surface area (Å²) in [5, 5.41) is 3.98. The highest BCUT2D eigenvalue weighted by Crippen LogP contribution is 2.40. The van der Waals surface area contributed by atoms with Crippen LogP contribution in [0.4, 0.5) is 0 Å². The van der Waals surface area contributed by atoms with Crippen molar-refractivity contribution in [3.8, 4) is 0 Å². The molecule has 22 heavy (non-hydrogen) atoms. The van der Waals surface area contributed by atoms with Gasteiger partial charge in [0, 0.05) is 38.3 Å². The summed E-state index contributed by atoms with van der Waals surface area (Å²) in [4.78, 5) is 14.5. The van der Waals surface area contributed by atoms with Gasteiger partial charge in [0.2, 0.25) is 0 Å². The monoisotopic (exact) mass is 304 g/mol. The van der Waals surface area contributed by atoms with E-state index in [1.807, 2.05) is 11.0 Å². The van der Waals surface area contributed by atoms with Crippen molar-refractivity contribution in [1.82, 2.24) is 10.1 Å². The molecule has 0 radical (unpaired) electrons. The normalized spacial score (nSPS) is 24.6. The largest absolute Gasteiger partial charge is 0.381 e. The van der Waals surface area contributed by atoms with Crippen LogP contribution in [-0.2, 0) is 4.74 Å². The Morgan fingerprint density at radius 2 is 1.73 bits per heavy atom. The van der Waals surface area contributed by atoms with E-state index in [4.69, 9.17) is 9.26 Å². The number of rotatable bonds is 3. The van der Waals surface area contributed by atoms with E-state index in [9.17, 15) is 4.79 Å². The minimum Gasteiger partial charge on any atom is -0.381 e. The van der Waals surface area contributed by atoms with Gasteiger partial charge in [-0.25, -0.2) is 0 Å². The topological polar surface area (TPSA) is 55.6 Å². The fourth-order valence-electron chi connectivity index (χ4n) is 3.87. The molecule has 1 aliphatic carbocycles. The van der Waals surface area contributed by atoms with Crippen molar-refractivity contribution in [3.05, 3.63) is 17.5 Å². The summed E-state index contributed by atoms with van der Waals surface area (Å²) in [7, 11) is 0. The molecule has 120 valence electrons. The molecule has 1 saturated carbocycles. The number of carbonyl (C=O) groups is 1. The second-order valence-corrected chi connectivity index (χ2v) is 6.97. The number of amides is 1. The van der Waals surface area contributed by atoms with Crippen molar-refractivity contribution in [2.45, 2.75) is 44.4 Å². The van der Waals surface area contributed by atoms with Crippen molar-refractivity contribution < 1.29 is 14.1 Å². The van der Waals surface area contributed by atoms with Gasteiger partial charge in [-0.05, 0) is 50.4 Å². The molecule has 3 aliphatic rings. The number of nitrogens with zero attached hydrogens (tertiary/aromatic N) is 2. The molecule has 3 fully saturated rings. The molecule has 1 aromatic rings. The van der Waals surface area contributed by atoms with E-state index in [1.165, 1.54) is 25.7 Å². The first-order valence-electron chi connectivity index (χ1n) is 8.65. The number of aromatic nitrogens is 1. The van der Waals surface area contributed by atoms with Crippen LogP contribution in [0, 0.1) is 11.8 Å². The first-order valence-corrected chi connectivity index (χ1v) is 8.65. The lowest BCUT2D eigenvalue weighted by Gasteiger charge is -2.37. The summed E-state index contributed by atoms with van der Waals surface area (Å²) in [6, 6.07) is 1.85. The fraction of sp³-hybridized carbons (Fsp3) is 0.765. The first kappa shape index (κ1) is 14.2. The van der Waals surface area contributed by atoms with Crippen molar-refractivity contribution in [3.63, 3.8) is 0 Å². The second-order valence-electron chi connectivity index (χ2n) is 6.97. The zero-order valence-corrected chi connectivity index (χ0v) is 13.0. The van der Waals surface area contributed by atoms with E-state index in [0.29, 0.717) is 11.6 Å².